The summed E-state index contributed by atoms with van der Waals surface area (Å²) in [5, 5.41) is 0.880. The van der Waals surface area contributed by atoms with E-state index in [1.807, 2.05) is 31.3 Å². The van der Waals surface area contributed by atoms with Gasteiger partial charge in [0.05, 0.1) is 12.1 Å². The van der Waals surface area contributed by atoms with Gasteiger partial charge in [-0.05, 0) is 12.1 Å². The maximum atomic E-state index is 11.8. The summed E-state index contributed by atoms with van der Waals surface area (Å²) >= 11 is 0. The molecule has 1 aromatic heterocycles. The summed E-state index contributed by atoms with van der Waals surface area (Å²) in [4.78, 5) is 23.5. The summed E-state index contributed by atoms with van der Waals surface area (Å²) in [5.74, 6) is 0.875. The molecule has 1 amide bonds. The van der Waals surface area contributed by atoms with Gasteiger partial charge in [0.25, 0.3) is 0 Å². The van der Waals surface area contributed by atoms with Crippen molar-refractivity contribution in [3.63, 3.8) is 0 Å². The van der Waals surface area contributed by atoms with Crippen LogP contribution in [0.5, 0.6) is 0 Å². The number of hydrogen-bond donors (Lipinski definition) is 1. The van der Waals surface area contributed by atoms with Crippen LogP contribution in [0.3, 0.4) is 0 Å². The fourth-order valence-electron chi connectivity index (χ4n) is 1.79. The van der Waals surface area contributed by atoms with Crippen LogP contribution in [-0.4, -0.2) is 48.5 Å². The summed E-state index contributed by atoms with van der Waals surface area (Å²) < 4.78 is 0. The molecule has 6 heteroatoms. The van der Waals surface area contributed by atoms with Gasteiger partial charge >= 0.3 is 0 Å². The van der Waals surface area contributed by atoms with E-state index < -0.39 is 0 Å². The molecular formula is C13H17N5O. The smallest absolute Gasteiger partial charge is 0.241 e. The Morgan fingerprint density at radius 1 is 1.21 bits per heavy atom. The van der Waals surface area contributed by atoms with Gasteiger partial charge in [0, 0.05) is 26.5 Å². The fourth-order valence-corrected chi connectivity index (χ4v) is 1.79. The van der Waals surface area contributed by atoms with Crippen LogP contribution < -0.4 is 10.6 Å². The van der Waals surface area contributed by atoms with Gasteiger partial charge in [0.2, 0.25) is 11.9 Å². The number of aromatic nitrogens is 2. The quantitative estimate of drug-likeness (QED) is 0.879. The van der Waals surface area contributed by atoms with Crippen LogP contribution in [0.15, 0.2) is 24.3 Å². The van der Waals surface area contributed by atoms with Crippen LogP contribution in [0.25, 0.3) is 10.9 Å². The molecule has 0 aliphatic heterocycles. The summed E-state index contributed by atoms with van der Waals surface area (Å²) in [5.41, 5.74) is 6.48. The number of rotatable bonds is 3. The van der Waals surface area contributed by atoms with Crippen LogP contribution in [0.2, 0.25) is 0 Å². The molecule has 2 rings (SSSR count). The van der Waals surface area contributed by atoms with E-state index >= 15 is 0 Å². The predicted molar refractivity (Wildman–Crippen MR) is 75.9 cm³/mol. The van der Waals surface area contributed by atoms with Crippen molar-refractivity contribution in [1.82, 2.24) is 14.9 Å². The number of carbonyl (C=O) groups excluding carboxylic acids is 1. The summed E-state index contributed by atoms with van der Waals surface area (Å²) in [6.45, 7) is 0.243. The first-order valence-corrected chi connectivity index (χ1v) is 5.92. The Kier molecular flexibility index (Phi) is 3.50. The van der Waals surface area contributed by atoms with Crippen molar-refractivity contribution in [2.75, 3.05) is 38.3 Å². The minimum Gasteiger partial charge on any atom is -0.368 e. The highest BCUT2D eigenvalue weighted by atomic mass is 16.2. The second-order valence-electron chi connectivity index (χ2n) is 4.57. The van der Waals surface area contributed by atoms with Crippen LogP contribution >= 0.6 is 0 Å². The zero-order valence-corrected chi connectivity index (χ0v) is 11.3. The van der Waals surface area contributed by atoms with Gasteiger partial charge in [-0.25, -0.2) is 4.98 Å². The lowest BCUT2D eigenvalue weighted by Crippen LogP contribution is -2.34. The Morgan fingerprint density at radius 3 is 2.58 bits per heavy atom. The van der Waals surface area contributed by atoms with Gasteiger partial charge < -0.3 is 15.5 Å². The Labute approximate surface area is 111 Å². The molecule has 1 heterocycles. The lowest BCUT2D eigenvalue weighted by atomic mass is 10.2. The molecule has 6 nitrogen and oxygen atoms in total. The Balaban J connectivity index is 2.41. The first kappa shape index (κ1) is 13.1. The molecule has 19 heavy (non-hydrogen) atoms. The average molecular weight is 259 g/mol. The maximum absolute atomic E-state index is 11.8. The number of likely N-dealkylation sites (N-methyl/N-ethyl adjacent to an activating group) is 2. The first-order valence-electron chi connectivity index (χ1n) is 5.92. The number of nitrogens with two attached hydrogens (primary N) is 1. The van der Waals surface area contributed by atoms with Crippen molar-refractivity contribution in [3.8, 4) is 0 Å². The topological polar surface area (TPSA) is 75.4 Å². The van der Waals surface area contributed by atoms with Crippen molar-refractivity contribution in [3.05, 3.63) is 24.3 Å². The molecule has 0 fully saturated rings. The van der Waals surface area contributed by atoms with Crippen LogP contribution in [-0.2, 0) is 4.79 Å². The standard InChI is InChI=1S/C13H17N5O/c1-17(2)11(19)8-18(3)12-9-6-4-5-7-10(9)15-13(14)16-12/h4-7H,8H2,1-3H3,(H2,14,15,16). The molecule has 0 unspecified atom stereocenters. The number of benzene rings is 1. The molecule has 0 spiro atoms. The van der Waals surface area contributed by atoms with Crippen molar-refractivity contribution in [1.29, 1.82) is 0 Å². The number of carbonyl (C=O) groups is 1. The number of nitrogens with zero attached hydrogens (tertiary/aromatic N) is 4. The fraction of sp³-hybridized carbons (Fsp3) is 0.308. The van der Waals surface area contributed by atoms with Crippen molar-refractivity contribution in [2.45, 2.75) is 0 Å². The molecule has 1 aromatic carbocycles. The van der Waals surface area contributed by atoms with Crippen molar-refractivity contribution in [2.24, 2.45) is 0 Å². The number of anilines is 2. The predicted octanol–water partition coefficient (Wildman–Crippen LogP) is 0.736. The second kappa shape index (κ2) is 5.09. The van der Waals surface area contributed by atoms with Crippen LogP contribution in [0, 0.1) is 0 Å². The molecule has 2 N–H and O–H groups in total. The third-order valence-electron chi connectivity index (χ3n) is 2.83. The molecule has 0 atom stereocenters. The molecule has 2 aromatic rings. The van der Waals surface area contributed by atoms with E-state index in [-0.39, 0.29) is 18.4 Å². The van der Waals surface area contributed by atoms with E-state index in [0.717, 1.165) is 10.9 Å². The van der Waals surface area contributed by atoms with Gasteiger partial charge in [0.1, 0.15) is 5.82 Å². The molecule has 100 valence electrons. The second-order valence-corrected chi connectivity index (χ2v) is 4.57. The molecule has 0 saturated carbocycles. The minimum atomic E-state index is 0.00349. The Morgan fingerprint density at radius 2 is 1.89 bits per heavy atom. The van der Waals surface area contributed by atoms with Crippen LogP contribution in [0.1, 0.15) is 0 Å². The lowest BCUT2D eigenvalue weighted by Gasteiger charge is -2.21. The number of para-hydroxylation sites is 1. The average Bonchev–Trinajstić information content (AvgIpc) is 2.37. The highest BCUT2D eigenvalue weighted by Crippen LogP contribution is 2.23. The van der Waals surface area contributed by atoms with Gasteiger partial charge in [-0.15, -0.1) is 0 Å². The van der Waals surface area contributed by atoms with Gasteiger partial charge in [0.15, 0.2) is 0 Å². The molecule has 0 aliphatic carbocycles. The van der Waals surface area contributed by atoms with Crippen LogP contribution in [0.4, 0.5) is 11.8 Å². The molecule has 0 bridgehead atoms. The third kappa shape index (κ3) is 2.73. The number of hydrogen-bond acceptors (Lipinski definition) is 5. The number of fused-ring (bicyclic) bond motifs is 1. The van der Waals surface area contributed by atoms with Crippen molar-refractivity contribution < 1.29 is 4.79 Å². The highest BCUT2D eigenvalue weighted by molar-refractivity contribution is 5.92. The van der Waals surface area contributed by atoms with Gasteiger partial charge in [-0.1, -0.05) is 12.1 Å². The molecule has 0 aliphatic rings. The number of amides is 1. The van der Waals surface area contributed by atoms with Gasteiger partial charge in [-0.2, -0.15) is 4.98 Å². The van der Waals surface area contributed by atoms with E-state index in [2.05, 4.69) is 9.97 Å². The first-order chi connectivity index (χ1) is 8.99. The SMILES string of the molecule is CN(C)C(=O)CN(C)c1nc(N)nc2ccccc12. The van der Waals surface area contributed by atoms with E-state index in [1.165, 1.54) is 0 Å². The maximum Gasteiger partial charge on any atom is 0.241 e. The monoisotopic (exact) mass is 259 g/mol. The number of nitrogen functional groups attached to an aromatic ring is 1. The van der Waals surface area contributed by atoms with E-state index in [9.17, 15) is 4.79 Å². The normalized spacial score (nSPS) is 10.5. The van der Waals surface area contributed by atoms with Crippen molar-refractivity contribution >= 4 is 28.6 Å². The molecule has 0 saturated heterocycles. The van der Waals surface area contributed by atoms with E-state index in [4.69, 9.17) is 5.73 Å². The Bertz CT molecular complexity index is 611. The minimum absolute atomic E-state index is 0.00349. The third-order valence-corrected chi connectivity index (χ3v) is 2.83. The Hall–Kier alpha value is -2.37. The van der Waals surface area contributed by atoms with Gasteiger partial charge in [-0.3, -0.25) is 4.79 Å². The summed E-state index contributed by atoms with van der Waals surface area (Å²) in [6.07, 6.45) is 0. The highest BCUT2D eigenvalue weighted by Gasteiger charge is 2.14. The molecule has 0 radical (unpaired) electrons. The molecular weight excluding hydrogens is 242 g/mol. The summed E-state index contributed by atoms with van der Waals surface area (Å²) in [7, 11) is 5.26. The lowest BCUT2D eigenvalue weighted by molar-refractivity contribution is -0.127. The summed E-state index contributed by atoms with van der Waals surface area (Å²) in [6, 6.07) is 7.59. The zero-order valence-electron chi connectivity index (χ0n) is 11.3. The zero-order chi connectivity index (χ0) is 14.0. The van der Waals surface area contributed by atoms with E-state index in [0.29, 0.717) is 5.82 Å². The largest absolute Gasteiger partial charge is 0.368 e. The van der Waals surface area contributed by atoms with E-state index in [1.54, 1.807) is 23.9 Å².